The Morgan fingerprint density at radius 2 is 1.82 bits per heavy atom. The van der Waals surface area contributed by atoms with Gasteiger partial charge in [0.2, 0.25) is 5.91 Å². The molecular formula is C17H21N3OS. The summed E-state index contributed by atoms with van der Waals surface area (Å²) < 4.78 is 0. The third kappa shape index (κ3) is 5.15. The first-order valence-corrected chi connectivity index (χ1v) is 8.30. The van der Waals surface area contributed by atoms with E-state index in [4.69, 9.17) is 0 Å². The van der Waals surface area contributed by atoms with Crippen LogP contribution in [0.1, 0.15) is 29.8 Å². The Labute approximate surface area is 135 Å². The molecule has 0 aliphatic rings. The lowest BCUT2D eigenvalue weighted by Crippen LogP contribution is -2.29. The molecule has 0 saturated carbocycles. The van der Waals surface area contributed by atoms with Crippen LogP contribution in [0.15, 0.2) is 41.6 Å². The van der Waals surface area contributed by atoms with Crippen LogP contribution in [0.5, 0.6) is 0 Å². The van der Waals surface area contributed by atoms with Crippen molar-refractivity contribution in [1.82, 2.24) is 15.3 Å². The molecule has 22 heavy (non-hydrogen) atoms. The number of hydrogen-bond acceptors (Lipinski definition) is 4. The predicted octanol–water partition coefficient (Wildman–Crippen LogP) is 3.11. The van der Waals surface area contributed by atoms with Crippen molar-refractivity contribution >= 4 is 17.7 Å². The number of thioether (sulfide) groups is 1. The Balaban J connectivity index is 1.78. The van der Waals surface area contributed by atoms with E-state index < -0.39 is 0 Å². The standard InChI is InChI=1S/C17H21N3OS/c1-12(15-7-5-4-6-8-15)10-18-16(21)11-22-17-19-13(2)9-14(3)20-17/h4-9,12H,10-11H2,1-3H3,(H,18,21). The second-order valence-electron chi connectivity index (χ2n) is 5.34. The van der Waals surface area contributed by atoms with E-state index in [9.17, 15) is 4.79 Å². The number of carbonyl (C=O) groups is 1. The van der Waals surface area contributed by atoms with Gasteiger partial charge in [0, 0.05) is 17.9 Å². The predicted molar refractivity (Wildman–Crippen MR) is 90.1 cm³/mol. The Kier molecular flexibility index (Phi) is 5.95. The number of amides is 1. The van der Waals surface area contributed by atoms with Crippen LogP contribution in [-0.4, -0.2) is 28.2 Å². The van der Waals surface area contributed by atoms with E-state index in [1.54, 1.807) is 0 Å². The zero-order chi connectivity index (χ0) is 15.9. The zero-order valence-electron chi connectivity index (χ0n) is 13.2. The molecule has 1 heterocycles. The van der Waals surface area contributed by atoms with Crippen LogP contribution in [0, 0.1) is 13.8 Å². The maximum absolute atomic E-state index is 11.9. The molecular weight excluding hydrogens is 294 g/mol. The molecule has 0 saturated heterocycles. The molecule has 4 nitrogen and oxygen atoms in total. The third-order valence-electron chi connectivity index (χ3n) is 3.27. The lowest BCUT2D eigenvalue weighted by Gasteiger charge is -2.12. The molecule has 0 aliphatic heterocycles. The van der Waals surface area contributed by atoms with E-state index in [1.807, 2.05) is 38.1 Å². The summed E-state index contributed by atoms with van der Waals surface area (Å²) in [6, 6.07) is 12.1. The van der Waals surface area contributed by atoms with E-state index in [2.05, 4.69) is 34.3 Å². The summed E-state index contributed by atoms with van der Waals surface area (Å²) in [5, 5.41) is 3.62. The molecule has 0 radical (unpaired) electrons. The van der Waals surface area contributed by atoms with Gasteiger partial charge in [-0.2, -0.15) is 0 Å². The third-order valence-corrected chi connectivity index (χ3v) is 4.12. The highest BCUT2D eigenvalue weighted by Crippen LogP contribution is 2.15. The number of nitrogens with one attached hydrogen (secondary N) is 1. The van der Waals surface area contributed by atoms with Gasteiger partial charge < -0.3 is 5.32 Å². The van der Waals surface area contributed by atoms with Gasteiger partial charge in [0.25, 0.3) is 0 Å². The second-order valence-corrected chi connectivity index (χ2v) is 6.28. The normalized spacial score (nSPS) is 12.0. The van der Waals surface area contributed by atoms with Crippen LogP contribution >= 0.6 is 11.8 Å². The Hall–Kier alpha value is -1.88. The van der Waals surface area contributed by atoms with E-state index in [-0.39, 0.29) is 5.91 Å². The fourth-order valence-corrected chi connectivity index (χ4v) is 2.88. The Morgan fingerprint density at radius 1 is 1.18 bits per heavy atom. The summed E-state index contributed by atoms with van der Waals surface area (Å²) in [5.41, 5.74) is 3.08. The van der Waals surface area contributed by atoms with Gasteiger partial charge in [0.1, 0.15) is 0 Å². The van der Waals surface area contributed by atoms with Crippen molar-refractivity contribution in [3.63, 3.8) is 0 Å². The molecule has 1 aromatic carbocycles. The van der Waals surface area contributed by atoms with Gasteiger partial charge in [-0.15, -0.1) is 0 Å². The highest BCUT2D eigenvalue weighted by atomic mass is 32.2. The number of rotatable bonds is 6. The highest BCUT2D eigenvalue weighted by Gasteiger charge is 2.09. The summed E-state index contributed by atoms with van der Waals surface area (Å²) in [4.78, 5) is 20.6. The molecule has 1 atom stereocenters. The van der Waals surface area contributed by atoms with Crippen LogP contribution in [0.25, 0.3) is 0 Å². The van der Waals surface area contributed by atoms with E-state index in [0.717, 1.165) is 11.4 Å². The minimum atomic E-state index is 0.00976. The first-order valence-electron chi connectivity index (χ1n) is 7.31. The molecule has 2 rings (SSSR count). The number of aromatic nitrogens is 2. The zero-order valence-corrected chi connectivity index (χ0v) is 14.0. The molecule has 1 N–H and O–H groups in total. The number of carbonyl (C=O) groups excluding carboxylic acids is 1. The maximum Gasteiger partial charge on any atom is 0.230 e. The molecule has 116 valence electrons. The molecule has 5 heteroatoms. The second kappa shape index (κ2) is 7.94. The SMILES string of the molecule is Cc1cc(C)nc(SCC(=O)NCC(C)c2ccccc2)n1. The van der Waals surface area contributed by atoms with Crippen molar-refractivity contribution < 1.29 is 4.79 Å². The minimum absolute atomic E-state index is 0.00976. The molecule has 2 aromatic rings. The van der Waals surface area contributed by atoms with Gasteiger partial charge in [0.15, 0.2) is 5.16 Å². The number of nitrogens with zero attached hydrogens (tertiary/aromatic N) is 2. The maximum atomic E-state index is 11.9. The lowest BCUT2D eigenvalue weighted by molar-refractivity contribution is -0.118. The average Bonchev–Trinajstić information content (AvgIpc) is 2.50. The Morgan fingerprint density at radius 3 is 2.45 bits per heavy atom. The molecule has 0 bridgehead atoms. The van der Waals surface area contributed by atoms with Crippen molar-refractivity contribution in [1.29, 1.82) is 0 Å². The van der Waals surface area contributed by atoms with Crippen LogP contribution in [-0.2, 0) is 4.79 Å². The molecule has 1 aromatic heterocycles. The van der Waals surface area contributed by atoms with Crippen LogP contribution < -0.4 is 5.32 Å². The summed E-state index contributed by atoms with van der Waals surface area (Å²) in [6.07, 6.45) is 0. The quantitative estimate of drug-likeness (QED) is 0.657. The van der Waals surface area contributed by atoms with Crippen molar-refractivity contribution in [3.8, 4) is 0 Å². The smallest absolute Gasteiger partial charge is 0.230 e. The molecule has 1 unspecified atom stereocenters. The number of aryl methyl sites for hydroxylation is 2. The van der Waals surface area contributed by atoms with Crippen molar-refractivity contribution in [2.24, 2.45) is 0 Å². The van der Waals surface area contributed by atoms with Gasteiger partial charge in [-0.3, -0.25) is 4.79 Å². The first-order chi connectivity index (χ1) is 10.5. The summed E-state index contributed by atoms with van der Waals surface area (Å²) in [5.74, 6) is 0.646. The van der Waals surface area contributed by atoms with E-state index in [0.29, 0.717) is 23.4 Å². The highest BCUT2D eigenvalue weighted by molar-refractivity contribution is 7.99. The van der Waals surface area contributed by atoms with Crippen molar-refractivity contribution in [2.45, 2.75) is 31.8 Å². The lowest BCUT2D eigenvalue weighted by atomic mass is 10.0. The van der Waals surface area contributed by atoms with Crippen LogP contribution in [0.2, 0.25) is 0 Å². The number of hydrogen-bond donors (Lipinski definition) is 1. The van der Waals surface area contributed by atoms with Crippen molar-refractivity contribution in [3.05, 3.63) is 53.3 Å². The molecule has 1 amide bonds. The van der Waals surface area contributed by atoms with Crippen LogP contribution in [0.3, 0.4) is 0 Å². The molecule has 0 fully saturated rings. The van der Waals surface area contributed by atoms with Gasteiger partial charge in [-0.1, -0.05) is 49.0 Å². The van der Waals surface area contributed by atoms with E-state index >= 15 is 0 Å². The fourth-order valence-electron chi connectivity index (χ4n) is 2.11. The number of benzene rings is 1. The molecule has 0 aliphatic carbocycles. The van der Waals surface area contributed by atoms with Gasteiger partial charge in [-0.25, -0.2) is 9.97 Å². The minimum Gasteiger partial charge on any atom is -0.355 e. The first kappa shape index (κ1) is 16.5. The monoisotopic (exact) mass is 315 g/mol. The van der Waals surface area contributed by atoms with E-state index in [1.165, 1.54) is 17.3 Å². The van der Waals surface area contributed by atoms with Crippen molar-refractivity contribution in [2.75, 3.05) is 12.3 Å². The molecule has 0 spiro atoms. The van der Waals surface area contributed by atoms with Gasteiger partial charge in [0.05, 0.1) is 5.75 Å². The largest absolute Gasteiger partial charge is 0.355 e. The van der Waals surface area contributed by atoms with Crippen LogP contribution in [0.4, 0.5) is 0 Å². The Bertz CT molecular complexity index is 611. The average molecular weight is 315 g/mol. The van der Waals surface area contributed by atoms with Gasteiger partial charge in [-0.05, 0) is 31.4 Å². The fraction of sp³-hybridized carbons (Fsp3) is 0.353. The summed E-state index contributed by atoms with van der Waals surface area (Å²) in [6.45, 7) is 6.60. The topological polar surface area (TPSA) is 54.9 Å². The summed E-state index contributed by atoms with van der Waals surface area (Å²) >= 11 is 1.37. The summed E-state index contributed by atoms with van der Waals surface area (Å²) in [7, 11) is 0. The van der Waals surface area contributed by atoms with Gasteiger partial charge >= 0.3 is 0 Å².